The Balaban J connectivity index is 2.60. The van der Waals surface area contributed by atoms with E-state index in [4.69, 9.17) is 16.0 Å². The van der Waals surface area contributed by atoms with Crippen LogP contribution in [0.2, 0.25) is 5.02 Å². The maximum Gasteiger partial charge on any atom is 0.264 e. The maximum absolute atomic E-state index is 6.04. The van der Waals surface area contributed by atoms with E-state index in [2.05, 4.69) is 20.9 Å². The predicted octanol–water partition coefficient (Wildman–Crippen LogP) is 4.07. The Labute approximate surface area is 95.0 Å². The van der Waals surface area contributed by atoms with Crippen molar-refractivity contribution in [2.24, 2.45) is 0 Å². The number of hydrogen-bond donors (Lipinski definition) is 0. The largest absolute Gasteiger partial charge is 0.431 e. The number of aromatic nitrogens is 1. The number of aryl methyl sites for hydroxylation is 1. The second-order valence-corrected chi connectivity index (χ2v) is 3.95. The Hall–Kier alpha value is -0.800. The van der Waals surface area contributed by atoms with Crippen molar-refractivity contribution in [2.75, 3.05) is 0 Å². The fourth-order valence-electron chi connectivity index (χ4n) is 1.26. The van der Waals surface area contributed by atoms with Crippen molar-refractivity contribution >= 4 is 27.5 Å². The van der Waals surface area contributed by atoms with Crippen molar-refractivity contribution in [1.29, 1.82) is 0 Å². The van der Waals surface area contributed by atoms with Gasteiger partial charge in [-0.2, -0.15) is 0 Å². The first-order valence-electron chi connectivity index (χ1n) is 4.06. The summed E-state index contributed by atoms with van der Waals surface area (Å²) in [4.78, 5) is 4.60. The number of oxazole rings is 1. The summed E-state index contributed by atoms with van der Waals surface area (Å²) in [6, 6.07) is 7.53. The summed E-state index contributed by atoms with van der Waals surface area (Å²) in [5, 5.41) is 0.666. The highest BCUT2D eigenvalue weighted by Gasteiger charge is 2.12. The smallest absolute Gasteiger partial charge is 0.264 e. The zero-order valence-electron chi connectivity index (χ0n) is 7.42. The number of nitrogens with zero attached hydrogens (tertiary/aromatic N) is 1. The van der Waals surface area contributed by atoms with Gasteiger partial charge in [-0.25, -0.2) is 4.98 Å². The molecule has 2 rings (SSSR count). The molecule has 14 heavy (non-hydrogen) atoms. The topological polar surface area (TPSA) is 26.0 Å². The van der Waals surface area contributed by atoms with E-state index >= 15 is 0 Å². The van der Waals surface area contributed by atoms with Crippen LogP contribution in [0.5, 0.6) is 0 Å². The quantitative estimate of drug-likeness (QED) is 0.782. The van der Waals surface area contributed by atoms with Gasteiger partial charge in [0.2, 0.25) is 0 Å². The average molecular weight is 273 g/mol. The van der Waals surface area contributed by atoms with E-state index in [-0.39, 0.29) is 0 Å². The van der Waals surface area contributed by atoms with E-state index in [1.807, 2.05) is 31.2 Å². The first-order valence-corrected chi connectivity index (χ1v) is 5.23. The molecular formula is C10H7BrClNO. The van der Waals surface area contributed by atoms with E-state index < -0.39 is 0 Å². The van der Waals surface area contributed by atoms with Crippen LogP contribution in [-0.4, -0.2) is 4.98 Å². The van der Waals surface area contributed by atoms with Crippen LogP contribution >= 0.6 is 27.5 Å². The summed E-state index contributed by atoms with van der Waals surface area (Å²) in [6.45, 7) is 1.88. The van der Waals surface area contributed by atoms with Crippen LogP contribution in [-0.2, 0) is 0 Å². The Morgan fingerprint density at radius 2 is 2.07 bits per heavy atom. The van der Waals surface area contributed by atoms with E-state index in [0.717, 1.165) is 11.3 Å². The molecule has 0 radical (unpaired) electrons. The van der Waals surface area contributed by atoms with Crippen LogP contribution in [0.25, 0.3) is 11.3 Å². The lowest BCUT2D eigenvalue weighted by Gasteiger charge is -1.99. The van der Waals surface area contributed by atoms with Crippen LogP contribution in [0.15, 0.2) is 33.5 Å². The Morgan fingerprint density at radius 3 is 2.64 bits per heavy atom. The van der Waals surface area contributed by atoms with Gasteiger partial charge in [-0.15, -0.1) is 0 Å². The van der Waals surface area contributed by atoms with Crippen molar-refractivity contribution < 1.29 is 4.42 Å². The highest BCUT2D eigenvalue weighted by molar-refractivity contribution is 9.10. The summed E-state index contributed by atoms with van der Waals surface area (Å²) < 4.78 is 5.40. The van der Waals surface area contributed by atoms with E-state index in [1.165, 1.54) is 0 Å². The number of hydrogen-bond acceptors (Lipinski definition) is 2. The molecule has 0 fully saturated rings. The second-order valence-electron chi connectivity index (χ2n) is 2.86. The SMILES string of the molecule is Cc1nc(Br)oc1-c1ccccc1Cl. The van der Waals surface area contributed by atoms with Crippen LogP contribution in [0.3, 0.4) is 0 Å². The van der Waals surface area contributed by atoms with Gasteiger partial charge in [0.25, 0.3) is 4.80 Å². The molecule has 1 aromatic carbocycles. The lowest BCUT2D eigenvalue weighted by atomic mass is 10.1. The van der Waals surface area contributed by atoms with Gasteiger partial charge in [0.05, 0.1) is 10.7 Å². The van der Waals surface area contributed by atoms with Gasteiger partial charge >= 0.3 is 0 Å². The average Bonchev–Trinajstić information content (AvgIpc) is 2.46. The van der Waals surface area contributed by atoms with Crippen molar-refractivity contribution in [2.45, 2.75) is 6.92 Å². The van der Waals surface area contributed by atoms with Crippen LogP contribution in [0, 0.1) is 6.92 Å². The minimum atomic E-state index is 0.477. The van der Waals surface area contributed by atoms with Crippen molar-refractivity contribution in [3.05, 3.63) is 39.8 Å². The molecule has 72 valence electrons. The summed E-state index contributed by atoms with van der Waals surface area (Å²) in [7, 11) is 0. The molecule has 0 amide bonds. The predicted molar refractivity (Wildman–Crippen MR) is 59.4 cm³/mol. The molecule has 0 aliphatic carbocycles. The van der Waals surface area contributed by atoms with Crippen molar-refractivity contribution in [3.8, 4) is 11.3 Å². The maximum atomic E-state index is 6.04. The Morgan fingerprint density at radius 1 is 1.36 bits per heavy atom. The molecule has 0 saturated heterocycles. The Kier molecular flexibility index (Phi) is 2.61. The molecule has 0 aliphatic rings. The minimum Gasteiger partial charge on any atom is -0.431 e. The van der Waals surface area contributed by atoms with Crippen molar-refractivity contribution in [3.63, 3.8) is 0 Å². The second kappa shape index (κ2) is 3.75. The van der Waals surface area contributed by atoms with E-state index in [0.29, 0.717) is 15.6 Å². The standard InChI is InChI=1S/C10H7BrClNO/c1-6-9(14-10(11)13-6)7-4-2-3-5-8(7)12/h2-5H,1H3. The molecule has 0 atom stereocenters. The van der Waals surface area contributed by atoms with Gasteiger partial charge < -0.3 is 4.42 Å². The van der Waals surface area contributed by atoms with Gasteiger partial charge in [0.1, 0.15) is 0 Å². The zero-order valence-corrected chi connectivity index (χ0v) is 9.76. The fourth-order valence-corrected chi connectivity index (χ4v) is 1.91. The zero-order chi connectivity index (χ0) is 10.1. The summed E-state index contributed by atoms with van der Waals surface area (Å²) in [5.74, 6) is 0.711. The third kappa shape index (κ3) is 1.70. The van der Waals surface area contributed by atoms with E-state index in [9.17, 15) is 0 Å². The number of benzene rings is 1. The molecule has 1 heterocycles. The highest BCUT2D eigenvalue weighted by atomic mass is 79.9. The normalized spacial score (nSPS) is 10.5. The first-order chi connectivity index (χ1) is 6.68. The molecule has 2 nitrogen and oxygen atoms in total. The third-order valence-corrected chi connectivity index (χ3v) is 2.56. The molecular weight excluding hydrogens is 265 g/mol. The molecule has 2 aromatic rings. The molecule has 1 aromatic heterocycles. The summed E-state index contributed by atoms with van der Waals surface area (Å²) >= 11 is 9.22. The first kappa shape index (κ1) is 9.74. The van der Waals surface area contributed by atoms with Crippen LogP contribution < -0.4 is 0 Å². The molecule has 0 bridgehead atoms. The molecule has 4 heteroatoms. The fraction of sp³-hybridized carbons (Fsp3) is 0.100. The Bertz CT molecular complexity index is 467. The van der Waals surface area contributed by atoms with E-state index in [1.54, 1.807) is 0 Å². The number of halogens is 2. The van der Waals surface area contributed by atoms with Crippen LogP contribution in [0.1, 0.15) is 5.69 Å². The van der Waals surface area contributed by atoms with Gasteiger partial charge in [-0.05, 0) is 19.1 Å². The third-order valence-electron chi connectivity index (χ3n) is 1.89. The lowest BCUT2D eigenvalue weighted by Crippen LogP contribution is -1.79. The lowest BCUT2D eigenvalue weighted by molar-refractivity contribution is 0.542. The van der Waals surface area contributed by atoms with Gasteiger partial charge in [0.15, 0.2) is 5.76 Å². The van der Waals surface area contributed by atoms with Gasteiger partial charge in [0, 0.05) is 21.5 Å². The minimum absolute atomic E-state index is 0.477. The monoisotopic (exact) mass is 271 g/mol. The summed E-state index contributed by atoms with van der Waals surface area (Å²) in [5.41, 5.74) is 1.69. The van der Waals surface area contributed by atoms with Gasteiger partial charge in [-0.3, -0.25) is 0 Å². The molecule has 0 spiro atoms. The number of rotatable bonds is 1. The highest BCUT2D eigenvalue weighted by Crippen LogP contribution is 2.31. The molecule has 0 unspecified atom stereocenters. The van der Waals surface area contributed by atoms with Gasteiger partial charge in [-0.1, -0.05) is 23.7 Å². The molecule has 0 aliphatic heterocycles. The molecule has 0 saturated carbocycles. The summed E-state index contributed by atoms with van der Waals surface area (Å²) in [6.07, 6.45) is 0. The van der Waals surface area contributed by atoms with Crippen LogP contribution in [0.4, 0.5) is 0 Å². The molecule has 0 N–H and O–H groups in total. The van der Waals surface area contributed by atoms with Crippen molar-refractivity contribution in [1.82, 2.24) is 4.98 Å².